The molecule has 1 saturated heterocycles. The topological polar surface area (TPSA) is 43.8 Å². The molecule has 3 aliphatic rings. The van der Waals surface area contributed by atoms with Crippen LogP contribution in [0.25, 0.3) is 0 Å². The number of piperazine rings is 1. The standard InChI is InChI=1S/C19H31N5S.HI/c1-3-20-19(22-13-18-21-12-14(2)25-18)24-8-6-23(7-9-24)17-11-15-4-5-16(17)10-15;/h12,15-17H,3-11,13H2,1-2H3,(H,20,22);1H. The maximum absolute atomic E-state index is 4.84. The second-order valence-corrected chi connectivity index (χ2v) is 9.12. The molecule has 0 radical (unpaired) electrons. The fourth-order valence-corrected chi connectivity index (χ4v) is 5.68. The highest BCUT2D eigenvalue weighted by atomic mass is 127. The molecule has 1 aromatic heterocycles. The lowest BCUT2D eigenvalue weighted by atomic mass is 9.93. The SMILES string of the molecule is CCNC(=NCc1ncc(C)s1)N1CCN(C2CC3CCC2C3)CC1.I. The van der Waals surface area contributed by atoms with Crippen LogP contribution in [-0.4, -0.2) is 59.5 Å². The van der Waals surface area contributed by atoms with Crippen LogP contribution in [0.5, 0.6) is 0 Å². The zero-order chi connectivity index (χ0) is 17.2. The summed E-state index contributed by atoms with van der Waals surface area (Å²) in [7, 11) is 0. The van der Waals surface area contributed by atoms with Crippen LogP contribution in [0.1, 0.15) is 42.5 Å². The lowest BCUT2D eigenvalue weighted by molar-refractivity contribution is 0.0958. The molecule has 2 bridgehead atoms. The van der Waals surface area contributed by atoms with E-state index in [1.807, 2.05) is 6.20 Å². The molecule has 4 rings (SSSR count). The van der Waals surface area contributed by atoms with Crippen LogP contribution >= 0.6 is 35.3 Å². The Labute approximate surface area is 178 Å². The zero-order valence-corrected chi connectivity index (χ0v) is 19.1. The molecule has 5 nitrogen and oxygen atoms in total. The first-order valence-corrected chi connectivity index (χ1v) is 10.7. The van der Waals surface area contributed by atoms with Crippen LogP contribution in [0.15, 0.2) is 11.2 Å². The molecule has 1 aromatic rings. The lowest BCUT2D eigenvalue weighted by Crippen LogP contribution is -2.55. The minimum Gasteiger partial charge on any atom is -0.357 e. The van der Waals surface area contributed by atoms with Crippen molar-refractivity contribution in [2.75, 3.05) is 32.7 Å². The molecule has 2 aliphatic carbocycles. The van der Waals surface area contributed by atoms with E-state index in [0.717, 1.165) is 48.5 Å². The number of rotatable bonds is 4. The van der Waals surface area contributed by atoms with Crippen molar-refractivity contribution in [3.63, 3.8) is 0 Å². The van der Waals surface area contributed by atoms with Gasteiger partial charge < -0.3 is 10.2 Å². The van der Waals surface area contributed by atoms with Gasteiger partial charge in [0.15, 0.2) is 5.96 Å². The zero-order valence-electron chi connectivity index (χ0n) is 16.0. The quantitative estimate of drug-likeness (QED) is 0.401. The van der Waals surface area contributed by atoms with Crippen molar-refractivity contribution in [1.82, 2.24) is 20.1 Å². The largest absolute Gasteiger partial charge is 0.357 e. The fourth-order valence-electron chi connectivity index (χ4n) is 4.97. The van der Waals surface area contributed by atoms with Crippen molar-refractivity contribution in [1.29, 1.82) is 0 Å². The summed E-state index contributed by atoms with van der Waals surface area (Å²) in [5.41, 5.74) is 0. The minimum absolute atomic E-state index is 0. The van der Waals surface area contributed by atoms with E-state index in [9.17, 15) is 0 Å². The van der Waals surface area contributed by atoms with Gasteiger partial charge in [0.05, 0.1) is 6.54 Å². The molecule has 0 aromatic carbocycles. The monoisotopic (exact) mass is 489 g/mol. The first-order valence-electron chi connectivity index (χ1n) is 9.91. The van der Waals surface area contributed by atoms with Gasteiger partial charge in [0.2, 0.25) is 0 Å². The summed E-state index contributed by atoms with van der Waals surface area (Å²) in [4.78, 5) is 15.7. The number of guanidine groups is 1. The number of thiazole rings is 1. The smallest absolute Gasteiger partial charge is 0.194 e. The van der Waals surface area contributed by atoms with Crippen molar-refractivity contribution in [2.45, 2.75) is 52.1 Å². The van der Waals surface area contributed by atoms with E-state index in [0.29, 0.717) is 6.54 Å². The average Bonchev–Trinajstić information content (AvgIpc) is 3.36. The Hall–Kier alpha value is -0.410. The van der Waals surface area contributed by atoms with Crippen molar-refractivity contribution in [3.8, 4) is 0 Å². The van der Waals surface area contributed by atoms with Crippen molar-refractivity contribution < 1.29 is 0 Å². The number of hydrogen-bond donors (Lipinski definition) is 1. The van der Waals surface area contributed by atoms with Gasteiger partial charge in [-0.1, -0.05) is 6.42 Å². The van der Waals surface area contributed by atoms with Gasteiger partial charge >= 0.3 is 0 Å². The van der Waals surface area contributed by atoms with Gasteiger partial charge in [-0.15, -0.1) is 35.3 Å². The Morgan fingerprint density at radius 2 is 2.08 bits per heavy atom. The predicted octanol–water partition coefficient (Wildman–Crippen LogP) is 3.34. The third-order valence-electron chi connectivity index (χ3n) is 6.15. The van der Waals surface area contributed by atoms with Gasteiger partial charge in [-0.25, -0.2) is 9.98 Å². The highest BCUT2D eigenvalue weighted by Crippen LogP contribution is 2.46. The molecule has 3 fully saturated rings. The summed E-state index contributed by atoms with van der Waals surface area (Å²) in [5, 5.41) is 4.58. The Morgan fingerprint density at radius 3 is 2.65 bits per heavy atom. The number of fused-ring (bicyclic) bond motifs is 2. The van der Waals surface area contributed by atoms with Crippen LogP contribution in [0.3, 0.4) is 0 Å². The van der Waals surface area contributed by atoms with Gasteiger partial charge in [-0.05, 0) is 44.9 Å². The van der Waals surface area contributed by atoms with Gasteiger partial charge in [-0.2, -0.15) is 0 Å². The average molecular weight is 489 g/mol. The van der Waals surface area contributed by atoms with Crippen LogP contribution in [0.2, 0.25) is 0 Å². The van der Waals surface area contributed by atoms with E-state index < -0.39 is 0 Å². The highest BCUT2D eigenvalue weighted by Gasteiger charge is 2.42. The summed E-state index contributed by atoms with van der Waals surface area (Å²) in [6, 6.07) is 0.874. The number of hydrogen-bond acceptors (Lipinski definition) is 4. The van der Waals surface area contributed by atoms with Crippen LogP contribution < -0.4 is 5.32 Å². The van der Waals surface area contributed by atoms with E-state index in [2.05, 4.69) is 33.9 Å². The maximum atomic E-state index is 4.84. The molecule has 7 heteroatoms. The molecule has 0 amide bonds. The van der Waals surface area contributed by atoms with E-state index in [-0.39, 0.29) is 24.0 Å². The summed E-state index contributed by atoms with van der Waals surface area (Å²) < 4.78 is 0. The summed E-state index contributed by atoms with van der Waals surface area (Å²) >= 11 is 1.75. The lowest BCUT2D eigenvalue weighted by Gasteiger charge is -2.42. The summed E-state index contributed by atoms with van der Waals surface area (Å²) in [6.07, 6.45) is 7.88. The Bertz CT molecular complexity index is 611. The van der Waals surface area contributed by atoms with Crippen molar-refractivity contribution in [2.24, 2.45) is 16.8 Å². The Kier molecular flexibility index (Phi) is 7.18. The third-order valence-corrected chi connectivity index (χ3v) is 7.05. The number of nitrogens with zero attached hydrogens (tertiary/aromatic N) is 4. The van der Waals surface area contributed by atoms with Gasteiger partial charge in [0, 0.05) is 49.8 Å². The number of nitrogens with one attached hydrogen (secondary N) is 1. The second kappa shape index (κ2) is 9.19. The number of aliphatic imine (C=N–C) groups is 1. The molecular formula is C19H32IN5S. The normalized spacial score (nSPS) is 29.1. The molecule has 3 unspecified atom stereocenters. The fraction of sp³-hybridized carbons (Fsp3) is 0.789. The first kappa shape index (κ1) is 20.3. The van der Waals surface area contributed by atoms with Crippen molar-refractivity contribution >= 4 is 41.3 Å². The summed E-state index contributed by atoms with van der Waals surface area (Å²) in [5.74, 6) is 3.09. The van der Waals surface area contributed by atoms with Gasteiger partial charge in [0.1, 0.15) is 5.01 Å². The van der Waals surface area contributed by atoms with Crippen LogP contribution in [-0.2, 0) is 6.54 Å². The Balaban J connectivity index is 0.00000196. The first-order chi connectivity index (χ1) is 12.2. The molecule has 146 valence electrons. The van der Waals surface area contributed by atoms with Gasteiger partial charge in [0.25, 0.3) is 0 Å². The van der Waals surface area contributed by atoms with Crippen LogP contribution in [0.4, 0.5) is 0 Å². The molecule has 0 spiro atoms. The molecule has 1 aliphatic heterocycles. The van der Waals surface area contributed by atoms with Crippen LogP contribution in [0, 0.1) is 18.8 Å². The highest BCUT2D eigenvalue weighted by molar-refractivity contribution is 14.0. The molecular weight excluding hydrogens is 457 g/mol. The number of aromatic nitrogens is 1. The van der Waals surface area contributed by atoms with Crippen molar-refractivity contribution in [3.05, 3.63) is 16.1 Å². The minimum atomic E-state index is 0. The van der Waals surface area contributed by atoms with E-state index in [1.54, 1.807) is 11.3 Å². The predicted molar refractivity (Wildman–Crippen MR) is 119 cm³/mol. The van der Waals surface area contributed by atoms with E-state index >= 15 is 0 Å². The maximum Gasteiger partial charge on any atom is 0.194 e. The number of aryl methyl sites for hydroxylation is 1. The second-order valence-electron chi connectivity index (χ2n) is 7.80. The van der Waals surface area contributed by atoms with E-state index in [4.69, 9.17) is 4.99 Å². The molecule has 2 saturated carbocycles. The molecule has 3 atom stereocenters. The van der Waals surface area contributed by atoms with E-state index in [1.165, 1.54) is 43.6 Å². The van der Waals surface area contributed by atoms with Gasteiger partial charge in [-0.3, -0.25) is 4.90 Å². The third kappa shape index (κ3) is 4.52. The molecule has 1 N–H and O–H groups in total. The number of halogens is 1. The molecule has 26 heavy (non-hydrogen) atoms. The Morgan fingerprint density at radius 1 is 1.27 bits per heavy atom. The molecule has 2 heterocycles. The summed E-state index contributed by atoms with van der Waals surface area (Å²) in [6.45, 7) is 10.4.